The van der Waals surface area contributed by atoms with E-state index in [9.17, 15) is 4.79 Å². The van der Waals surface area contributed by atoms with E-state index < -0.39 is 0 Å². The summed E-state index contributed by atoms with van der Waals surface area (Å²) in [4.78, 5) is 35.2. The van der Waals surface area contributed by atoms with Crippen LogP contribution in [-0.4, -0.2) is 73.8 Å². The molecule has 6 rings (SSSR count). The molecule has 1 amide bonds. The van der Waals surface area contributed by atoms with Gasteiger partial charge < -0.3 is 14.5 Å². The van der Waals surface area contributed by atoms with Gasteiger partial charge in [-0.1, -0.05) is 12.1 Å². The van der Waals surface area contributed by atoms with Gasteiger partial charge in [0.05, 0.1) is 43.3 Å². The Hall–Kier alpha value is -4.86. The topological polar surface area (TPSA) is 102 Å². The van der Waals surface area contributed by atoms with Gasteiger partial charge in [-0.05, 0) is 35.4 Å². The maximum absolute atomic E-state index is 12.9. The Kier molecular flexibility index (Phi) is 6.58. The Morgan fingerprint density at radius 2 is 1.82 bits per heavy atom. The number of hydrogen-bond donors (Lipinski definition) is 0. The number of ether oxygens (including phenoxy) is 1. The summed E-state index contributed by atoms with van der Waals surface area (Å²) in [6.45, 7) is 2.68. The molecule has 1 fully saturated rings. The fourth-order valence-corrected chi connectivity index (χ4v) is 4.91. The summed E-state index contributed by atoms with van der Waals surface area (Å²) in [5, 5.41) is 5.22. The molecule has 1 saturated heterocycles. The summed E-state index contributed by atoms with van der Waals surface area (Å²) in [6, 6.07) is 11.8. The predicted molar refractivity (Wildman–Crippen MR) is 148 cm³/mol. The van der Waals surface area contributed by atoms with E-state index in [2.05, 4.69) is 26.0 Å². The van der Waals surface area contributed by atoms with Crippen molar-refractivity contribution in [1.29, 1.82) is 0 Å². The molecule has 0 N–H and O–H groups in total. The molecule has 4 heterocycles. The lowest BCUT2D eigenvalue weighted by atomic mass is 10.00. The molecule has 0 unspecified atom stereocenters. The van der Waals surface area contributed by atoms with Gasteiger partial charge in [0, 0.05) is 62.1 Å². The first kappa shape index (κ1) is 24.5. The smallest absolute Gasteiger partial charge is 0.227 e. The van der Waals surface area contributed by atoms with Crippen LogP contribution in [0.2, 0.25) is 0 Å². The highest BCUT2D eigenvalue weighted by Crippen LogP contribution is 2.32. The molecule has 0 aliphatic carbocycles. The van der Waals surface area contributed by atoms with Crippen LogP contribution in [0, 0.1) is 0 Å². The van der Waals surface area contributed by atoms with E-state index >= 15 is 0 Å². The summed E-state index contributed by atoms with van der Waals surface area (Å²) in [5.41, 5.74) is 5.46. The van der Waals surface area contributed by atoms with Gasteiger partial charge in [0.1, 0.15) is 17.9 Å². The van der Waals surface area contributed by atoms with Gasteiger partial charge in [-0.15, -0.1) is 0 Å². The lowest BCUT2D eigenvalue weighted by molar-refractivity contribution is -0.130. The molecular weight excluding hydrogens is 492 g/mol. The Morgan fingerprint density at radius 1 is 0.949 bits per heavy atom. The molecule has 0 atom stereocenters. The van der Waals surface area contributed by atoms with Crippen LogP contribution in [0.1, 0.15) is 5.56 Å². The van der Waals surface area contributed by atoms with E-state index in [0.717, 1.165) is 50.4 Å². The first-order valence-electron chi connectivity index (χ1n) is 12.8. The molecule has 0 spiro atoms. The first-order chi connectivity index (χ1) is 19.1. The van der Waals surface area contributed by atoms with Gasteiger partial charge in [-0.2, -0.15) is 5.10 Å². The molecular formula is C29H28N8O2. The summed E-state index contributed by atoms with van der Waals surface area (Å²) in [6.07, 6.45) is 11.1. The number of amides is 1. The Balaban J connectivity index is 1.17. The minimum atomic E-state index is 0.118. The standard InChI is InChI=1S/C29H28N8O2/c1-35-18-22(14-34-35)21-12-24(25-15-30-19-33-26(25)13-21)27-16-32-28(17-31-27)36-6-8-37(9-7-36)29(38)11-20-4-3-5-23(10-20)39-2/h3-5,10,12-19H,6-9,11H2,1-2H3. The Labute approximate surface area is 225 Å². The summed E-state index contributed by atoms with van der Waals surface area (Å²) >= 11 is 0. The first-order valence-corrected chi connectivity index (χ1v) is 12.8. The second kappa shape index (κ2) is 10.5. The largest absolute Gasteiger partial charge is 0.497 e. The van der Waals surface area contributed by atoms with Crippen molar-refractivity contribution in [3.63, 3.8) is 0 Å². The molecule has 0 saturated carbocycles. The zero-order valence-corrected chi connectivity index (χ0v) is 21.9. The number of methoxy groups -OCH3 is 1. The van der Waals surface area contributed by atoms with Crippen LogP contribution in [0.15, 0.2) is 73.7 Å². The fourth-order valence-electron chi connectivity index (χ4n) is 4.91. The number of fused-ring (bicyclic) bond motifs is 1. The number of carbonyl (C=O) groups is 1. The molecule has 0 bridgehead atoms. The quantitative estimate of drug-likeness (QED) is 0.336. The van der Waals surface area contributed by atoms with Crippen LogP contribution in [0.3, 0.4) is 0 Å². The van der Waals surface area contributed by atoms with Crippen LogP contribution in [0.5, 0.6) is 5.75 Å². The highest BCUT2D eigenvalue weighted by atomic mass is 16.5. The van der Waals surface area contributed by atoms with Gasteiger partial charge in [-0.25, -0.2) is 15.0 Å². The number of anilines is 1. The van der Waals surface area contributed by atoms with Crippen molar-refractivity contribution in [1.82, 2.24) is 34.6 Å². The van der Waals surface area contributed by atoms with Gasteiger partial charge in [0.15, 0.2) is 0 Å². The number of aromatic nitrogens is 6. The number of nitrogens with zero attached hydrogens (tertiary/aromatic N) is 8. The van der Waals surface area contributed by atoms with E-state index in [-0.39, 0.29) is 5.91 Å². The van der Waals surface area contributed by atoms with Crippen LogP contribution >= 0.6 is 0 Å². The molecule has 5 aromatic rings. The lowest BCUT2D eigenvalue weighted by Crippen LogP contribution is -2.49. The van der Waals surface area contributed by atoms with Gasteiger partial charge in [-0.3, -0.25) is 14.5 Å². The summed E-state index contributed by atoms with van der Waals surface area (Å²) in [7, 11) is 3.53. The second-order valence-corrected chi connectivity index (χ2v) is 9.54. The average Bonchev–Trinajstić information content (AvgIpc) is 3.43. The van der Waals surface area contributed by atoms with Crippen molar-refractivity contribution in [2.75, 3.05) is 38.2 Å². The van der Waals surface area contributed by atoms with Crippen molar-refractivity contribution in [2.24, 2.45) is 7.05 Å². The molecule has 10 nitrogen and oxygen atoms in total. The summed E-state index contributed by atoms with van der Waals surface area (Å²) < 4.78 is 7.05. The average molecular weight is 521 g/mol. The van der Waals surface area contributed by atoms with Crippen molar-refractivity contribution >= 4 is 22.6 Å². The molecule has 1 aliphatic rings. The molecule has 2 aromatic carbocycles. The third-order valence-electron chi connectivity index (χ3n) is 7.02. The van der Waals surface area contributed by atoms with E-state index in [0.29, 0.717) is 32.6 Å². The van der Waals surface area contributed by atoms with Crippen LogP contribution in [0.4, 0.5) is 5.82 Å². The van der Waals surface area contributed by atoms with Gasteiger partial charge >= 0.3 is 0 Å². The number of aryl methyl sites for hydroxylation is 1. The SMILES string of the molecule is COc1cccc(CC(=O)N2CCN(c3cnc(-c4cc(-c5cnn(C)c5)cc5ncncc45)cn3)CC2)c1. The van der Waals surface area contributed by atoms with E-state index in [1.165, 1.54) is 0 Å². The number of piperazine rings is 1. The van der Waals surface area contributed by atoms with E-state index in [4.69, 9.17) is 14.7 Å². The second-order valence-electron chi connectivity index (χ2n) is 9.54. The maximum atomic E-state index is 12.9. The third kappa shape index (κ3) is 5.13. The number of rotatable bonds is 6. The zero-order valence-electron chi connectivity index (χ0n) is 21.9. The van der Waals surface area contributed by atoms with Crippen molar-refractivity contribution in [2.45, 2.75) is 6.42 Å². The molecule has 3 aromatic heterocycles. The zero-order chi connectivity index (χ0) is 26.8. The Bertz CT molecular complexity index is 1620. The lowest BCUT2D eigenvalue weighted by Gasteiger charge is -2.35. The normalized spacial score (nSPS) is 13.6. The molecule has 196 valence electrons. The van der Waals surface area contributed by atoms with Crippen molar-refractivity contribution < 1.29 is 9.53 Å². The van der Waals surface area contributed by atoms with Crippen LogP contribution < -0.4 is 9.64 Å². The third-order valence-corrected chi connectivity index (χ3v) is 7.02. The van der Waals surface area contributed by atoms with Crippen molar-refractivity contribution in [3.05, 3.63) is 79.3 Å². The minimum absolute atomic E-state index is 0.118. The number of benzene rings is 2. The molecule has 39 heavy (non-hydrogen) atoms. The number of carbonyl (C=O) groups excluding carboxylic acids is 1. The predicted octanol–water partition coefficient (Wildman–Crippen LogP) is 3.39. The van der Waals surface area contributed by atoms with Gasteiger partial charge in [0.25, 0.3) is 0 Å². The van der Waals surface area contributed by atoms with E-state index in [1.807, 2.05) is 60.9 Å². The number of hydrogen-bond acceptors (Lipinski definition) is 8. The Morgan fingerprint density at radius 3 is 2.56 bits per heavy atom. The van der Waals surface area contributed by atoms with Crippen LogP contribution in [0.25, 0.3) is 33.3 Å². The highest BCUT2D eigenvalue weighted by molar-refractivity contribution is 5.96. The fraction of sp³-hybridized carbons (Fsp3) is 0.241. The van der Waals surface area contributed by atoms with Gasteiger partial charge in [0.2, 0.25) is 5.91 Å². The molecule has 1 aliphatic heterocycles. The maximum Gasteiger partial charge on any atom is 0.227 e. The monoisotopic (exact) mass is 520 g/mol. The summed E-state index contributed by atoms with van der Waals surface area (Å²) in [5.74, 6) is 1.67. The molecule has 10 heteroatoms. The van der Waals surface area contributed by atoms with E-state index in [1.54, 1.807) is 30.5 Å². The highest BCUT2D eigenvalue weighted by Gasteiger charge is 2.22. The van der Waals surface area contributed by atoms with Crippen LogP contribution in [-0.2, 0) is 18.3 Å². The van der Waals surface area contributed by atoms with Crippen molar-refractivity contribution in [3.8, 4) is 28.1 Å². The minimum Gasteiger partial charge on any atom is -0.497 e. The molecule has 0 radical (unpaired) electrons.